The zero-order valence-corrected chi connectivity index (χ0v) is 24.2. The van der Waals surface area contributed by atoms with Crippen molar-refractivity contribution in [3.8, 4) is 0 Å². The third-order valence-corrected chi connectivity index (χ3v) is 8.13. The zero-order chi connectivity index (χ0) is 25.5. The minimum absolute atomic E-state index is 0.130. The highest BCUT2D eigenvalue weighted by Crippen LogP contribution is 2.43. The van der Waals surface area contributed by atoms with E-state index in [2.05, 4.69) is 90.1 Å². The average molecular weight is 477 g/mol. The van der Waals surface area contributed by atoms with Gasteiger partial charge in [-0.15, -0.1) is 0 Å². The maximum atomic E-state index is 2.56. The fourth-order valence-corrected chi connectivity index (χ4v) is 5.67. The minimum Gasteiger partial charge on any atom is -0.0654 e. The van der Waals surface area contributed by atoms with E-state index in [1.807, 2.05) is 0 Å². The first-order valence-electron chi connectivity index (χ1n) is 15.2. The predicted octanol–water partition coefficient (Wildman–Crippen LogP) is 11.7. The Bertz CT molecular complexity index is 743. The molecule has 0 aliphatic heterocycles. The lowest BCUT2D eigenvalue weighted by Gasteiger charge is -2.37. The lowest BCUT2D eigenvalue weighted by Crippen LogP contribution is -2.28. The minimum atomic E-state index is 0.130. The molecular formula is C35H56. The molecule has 35 heavy (non-hydrogen) atoms. The molecule has 0 spiro atoms. The van der Waals surface area contributed by atoms with E-state index in [0.29, 0.717) is 11.8 Å². The van der Waals surface area contributed by atoms with Gasteiger partial charge < -0.3 is 0 Å². The van der Waals surface area contributed by atoms with Gasteiger partial charge in [0, 0.05) is 5.41 Å². The summed E-state index contributed by atoms with van der Waals surface area (Å²) in [5, 5.41) is 0. The second-order valence-corrected chi connectivity index (χ2v) is 11.7. The van der Waals surface area contributed by atoms with Gasteiger partial charge in [-0.3, -0.25) is 0 Å². The van der Waals surface area contributed by atoms with Crippen molar-refractivity contribution in [2.24, 2.45) is 0 Å². The van der Waals surface area contributed by atoms with Crippen molar-refractivity contribution < 1.29 is 0 Å². The standard InChI is InChI=1S/C35H56/c1-7-9-11-13-15-17-25-35(26-18-16-14-12-10-8-2,33-23-19-21-31(27-33)29(3)4)34-24-20-22-32(28-34)30(5)6/h19-24,27-30H,7-18,25-26H2,1-6H3. The second kappa shape index (κ2) is 16.2. The Hall–Kier alpha value is -1.56. The molecule has 0 heteroatoms. The summed E-state index contributed by atoms with van der Waals surface area (Å²) in [7, 11) is 0. The molecule has 0 aromatic heterocycles. The largest absolute Gasteiger partial charge is 0.0654 e. The topological polar surface area (TPSA) is 0 Å². The fraction of sp³-hybridized carbons (Fsp3) is 0.657. The fourth-order valence-electron chi connectivity index (χ4n) is 5.67. The van der Waals surface area contributed by atoms with E-state index < -0.39 is 0 Å². The molecule has 196 valence electrons. The van der Waals surface area contributed by atoms with Crippen LogP contribution in [-0.4, -0.2) is 0 Å². The first kappa shape index (κ1) is 29.7. The Morgan fingerprint density at radius 2 is 0.886 bits per heavy atom. The SMILES string of the molecule is CCCCCCCCC(CCCCCCCC)(c1cccc(C(C)C)c1)c1cccc(C(C)C)c1. The van der Waals surface area contributed by atoms with Crippen molar-refractivity contribution in [1.82, 2.24) is 0 Å². The van der Waals surface area contributed by atoms with Crippen LogP contribution in [0, 0.1) is 0 Å². The summed E-state index contributed by atoms with van der Waals surface area (Å²) in [6.07, 6.45) is 18.9. The molecule has 0 saturated carbocycles. The predicted molar refractivity (Wildman–Crippen MR) is 158 cm³/mol. The summed E-state index contributed by atoms with van der Waals surface area (Å²) in [6.45, 7) is 14.0. The summed E-state index contributed by atoms with van der Waals surface area (Å²) in [5.74, 6) is 1.13. The van der Waals surface area contributed by atoms with Crippen LogP contribution >= 0.6 is 0 Å². The van der Waals surface area contributed by atoms with Gasteiger partial charge in [-0.05, 0) is 46.9 Å². The Labute approximate surface area is 219 Å². The summed E-state index contributed by atoms with van der Waals surface area (Å²) in [5.41, 5.74) is 6.22. The molecule has 0 fully saturated rings. The van der Waals surface area contributed by atoms with Crippen LogP contribution in [0.25, 0.3) is 0 Å². The quantitative estimate of drug-likeness (QED) is 0.188. The first-order chi connectivity index (χ1) is 16.9. The monoisotopic (exact) mass is 476 g/mol. The van der Waals surface area contributed by atoms with Gasteiger partial charge in [-0.2, -0.15) is 0 Å². The Morgan fingerprint density at radius 3 is 1.26 bits per heavy atom. The molecule has 0 unspecified atom stereocenters. The van der Waals surface area contributed by atoms with Gasteiger partial charge in [0.1, 0.15) is 0 Å². The zero-order valence-electron chi connectivity index (χ0n) is 24.2. The Morgan fingerprint density at radius 1 is 0.514 bits per heavy atom. The van der Waals surface area contributed by atoms with E-state index in [1.54, 1.807) is 11.1 Å². The number of hydrogen-bond donors (Lipinski definition) is 0. The lowest BCUT2D eigenvalue weighted by molar-refractivity contribution is 0.389. The van der Waals surface area contributed by atoms with Crippen LogP contribution < -0.4 is 0 Å². The summed E-state index contributed by atoms with van der Waals surface area (Å²) in [4.78, 5) is 0. The van der Waals surface area contributed by atoms with Crippen molar-refractivity contribution in [3.05, 3.63) is 70.8 Å². The summed E-state index contributed by atoms with van der Waals surface area (Å²) in [6, 6.07) is 19.3. The van der Waals surface area contributed by atoms with Gasteiger partial charge in [0.15, 0.2) is 0 Å². The molecule has 2 rings (SSSR count). The van der Waals surface area contributed by atoms with E-state index in [1.165, 1.54) is 101 Å². The van der Waals surface area contributed by atoms with E-state index in [0.717, 1.165) is 0 Å². The van der Waals surface area contributed by atoms with Gasteiger partial charge in [0.05, 0.1) is 0 Å². The highest BCUT2D eigenvalue weighted by Gasteiger charge is 2.34. The molecule has 0 aliphatic rings. The first-order valence-corrected chi connectivity index (χ1v) is 15.2. The molecule has 2 aromatic rings. The number of hydrogen-bond acceptors (Lipinski definition) is 0. The van der Waals surface area contributed by atoms with Crippen molar-refractivity contribution in [2.75, 3.05) is 0 Å². The highest BCUT2D eigenvalue weighted by atomic mass is 14.4. The number of unbranched alkanes of at least 4 members (excludes halogenated alkanes) is 10. The molecular weight excluding hydrogens is 420 g/mol. The number of benzene rings is 2. The molecule has 0 amide bonds. The van der Waals surface area contributed by atoms with Crippen molar-refractivity contribution >= 4 is 0 Å². The second-order valence-electron chi connectivity index (χ2n) is 11.7. The molecule has 0 heterocycles. The molecule has 0 N–H and O–H groups in total. The van der Waals surface area contributed by atoms with Gasteiger partial charge in [-0.1, -0.05) is 167 Å². The van der Waals surface area contributed by atoms with Crippen LogP contribution in [-0.2, 0) is 5.41 Å². The average Bonchev–Trinajstić information content (AvgIpc) is 2.87. The molecule has 0 saturated heterocycles. The third kappa shape index (κ3) is 9.44. The Balaban J connectivity index is 2.42. The van der Waals surface area contributed by atoms with Gasteiger partial charge >= 0.3 is 0 Å². The van der Waals surface area contributed by atoms with Crippen LogP contribution in [0.15, 0.2) is 48.5 Å². The van der Waals surface area contributed by atoms with Crippen LogP contribution in [0.1, 0.15) is 166 Å². The van der Waals surface area contributed by atoms with Crippen molar-refractivity contribution in [3.63, 3.8) is 0 Å². The van der Waals surface area contributed by atoms with Crippen LogP contribution in [0.2, 0.25) is 0 Å². The van der Waals surface area contributed by atoms with Gasteiger partial charge in [-0.25, -0.2) is 0 Å². The van der Waals surface area contributed by atoms with Crippen LogP contribution in [0.4, 0.5) is 0 Å². The normalized spacial score (nSPS) is 12.1. The molecule has 0 atom stereocenters. The van der Waals surface area contributed by atoms with E-state index >= 15 is 0 Å². The molecule has 0 aliphatic carbocycles. The third-order valence-electron chi connectivity index (χ3n) is 8.13. The Kier molecular flexibility index (Phi) is 13.8. The van der Waals surface area contributed by atoms with Gasteiger partial charge in [0.2, 0.25) is 0 Å². The summed E-state index contributed by atoms with van der Waals surface area (Å²) < 4.78 is 0. The van der Waals surface area contributed by atoms with E-state index in [-0.39, 0.29) is 5.41 Å². The number of rotatable bonds is 18. The smallest absolute Gasteiger partial charge is 0.0203 e. The molecule has 0 bridgehead atoms. The van der Waals surface area contributed by atoms with Crippen molar-refractivity contribution in [1.29, 1.82) is 0 Å². The van der Waals surface area contributed by atoms with E-state index in [9.17, 15) is 0 Å². The summed E-state index contributed by atoms with van der Waals surface area (Å²) >= 11 is 0. The van der Waals surface area contributed by atoms with E-state index in [4.69, 9.17) is 0 Å². The molecule has 0 radical (unpaired) electrons. The van der Waals surface area contributed by atoms with Gasteiger partial charge in [0.25, 0.3) is 0 Å². The van der Waals surface area contributed by atoms with Crippen LogP contribution in [0.3, 0.4) is 0 Å². The lowest BCUT2D eigenvalue weighted by atomic mass is 9.67. The highest BCUT2D eigenvalue weighted by molar-refractivity contribution is 5.43. The van der Waals surface area contributed by atoms with Crippen molar-refractivity contribution in [2.45, 2.75) is 149 Å². The maximum absolute atomic E-state index is 2.56. The molecule has 2 aromatic carbocycles. The molecule has 0 nitrogen and oxygen atoms in total. The van der Waals surface area contributed by atoms with Crippen LogP contribution in [0.5, 0.6) is 0 Å². The maximum Gasteiger partial charge on any atom is 0.0203 e.